The highest BCUT2D eigenvalue weighted by molar-refractivity contribution is 9.10. The van der Waals surface area contributed by atoms with E-state index in [9.17, 15) is 4.79 Å². The lowest BCUT2D eigenvalue weighted by atomic mass is 10.1. The van der Waals surface area contributed by atoms with Crippen LogP contribution in [0, 0.1) is 13.8 Å². The molecule has 0 radical (unpaired) electrons. The van der Waals surface area contributed by atoms with Crippen molar-refractivity contribution in [2.75, 3.05) is 0 Å². The number of hydrogen-bond acceptors (Lipinski definition) is 2. The van der Waals surface area contributed by atoms with E-state index in [0.29, 0.717) is 0 Å². The first-order valence-electron chi connectivity index (χ1n) is 6.41. The minimum Gasteiger partial charge on any atom is -0.478 e. The summed E-state index contributed by atoms with van der Waals surface area (Å²) in [6.45, 7) is 3.92. The van der Waals surface area contributed by atoms with Crippen molar-refractivity contribution in [3.05, 3.63) is 63.6 Å². The highest BCUT2D eigenvalue weighted by Gasteiger charge is 2.05. The van der Waals surface area contributed by atoms with Crippen LogP contribution in [0.5, 0.6) is 11.5 Å². The van der Waals surface area contributed by atoms with E-state index in [1.54, 1.807) is 6.08 Å². The van der Waals surface area contributed by atoms with Crippen molar-refractivity contribution in [1.82, 2.24) is 0 Å². The van der Waals surface area contributed by atoms with Gasteiger partial charge in [-0.1, -0.05) is 28.1 Å². The van der Waals surface area contributed by atoms with Gasteiger partial charge in [0.25, 0.3) is 0 Å². The van der Waals surface area contributed by atoms with Crippen LogP contribution in [0.3, 0.4) is 0 Å². The molecule has 0 aliphatic heterocycles. The van der Waals surface area contributed by atoms with Crippen LogP contribution in [0.15, 0.2) is 46.9 Å². The molecule has 0 bridgehead atoms. The smallest absolute Gasteiger partial charge is 0.328 e. The van der Waals surface area contributed by atoms with Gasteiger partial charge in [0, 0.05) is 10.5 Å². The van der Waals surface area contributed by atoms with Crippen LogP contribution < -0.4 is 4.74 Å². The van der Waals surface area contributed by atoms with Gasteiger partial charge in [-0.25, -0.2) is 4.79 Å². The molecule has 2 aromatic rings. The Morgan fingerprint density at radius 1 is 1.10 bits per heavy atom. The molecular weight excluding hydrogens is 332 g/mol. The average molecular weight is 347 g/mol. The molecule has 1 N–H and O–H groups in total. The second-order valence-corrected chi connectivity index (χ2v) is 5.62. The van der Waals surface area contributed by atoms with Gasteiger partial charge < -0.3 is 9.84 Å². The summed E-state index contributed by atoms with van der Waals surface area (Å²) in [6, 6.07) is 11.4. The van der Waals surface area contributed by atoms with Gasteiger partial charge in [-0.15, -0.1) is 0 Å². The van der Waals surface area contributed by atoms with Gasteiger partial charge in [-0.2, -0.15) is 0 Å². The van der Waals surface area contributed by atoms with Crippen LogP contribution in [0.4, 0.5) is 0 Å². The predicted molar refractivity (Wildman–Crippen MR) is 86.8 cm³/mol. The van der Waals surface area contributed by atoms with Crippen LogP contribution >= 0.6 is 15.9 Å². The molecule has 0 aliphatic rings. The zero-order chi connectivity index (χ0) is 15.4. The van der Waals surface area contributed by atoms with Crippen LogP contribution in [-0.2, 0) is 4.79 Å². The van der Waals surface area contributed by atoms with Crippen molar-refractivity contribution in [2.45, 2.75) is 13.8 Å². The van der Waals surface area contributed by atoms with E-state index in [1.165, 1.54) is 0 Å². The van der Waals surface area contributed by atoms with Gasteiger partial charge >= 0.3 is 5.97 Å². The van der Waals surface area contributed by atoms with Gasteiger partial charge in [-0.05, 0) is 60.9 Å². The summed E-state index contributed by atoms with van der Waals surface area (Å²) in [5, 5.41) is 8.63. The van der Waals surface area contributed by atoms with Crippen molar-refractivity contribution >= 4 is 28.0 Å². The molecule has 108 valence electrons. The van der Waals surface area contributed by atoms with Gasteiger partial charge in [-0.3, -0.25) is 0 Å². The lowest BCUT2D eigenvalue weighted by Gasteiger charge is -2.12. The minimum atomic E-state index is -0.960. The first-order valence-corrected chi connectivity index (χ1v) is 7.20. The number of rotatable bonds is 4. The third kappa shape index (κ3) is 4.20. The monoisotopic (exact) mass is 346 g/mol. The second-order valence-electron chi connectivity index (χ2n) is 4.71. The molecule has 0 saturated carbocycles. The maximum absolute atomic E-state index is 10.5. The van der Waals surface area contributed by atoms with E-state index in [0.717, 1.165) is 38.7 Å². The molecule has 4 heteroatoms. The highest BCUT2D eigenvalue weighted by Crippen LogP contribution is 2.30. The summed E-state index contributed by atoms with van der Waals surface area (Å²) in [4.78, 5) is 10.5. The first-order chi connectivity index (χ1) is 9.95. The molecule has 0 amide bonds. The molecule has 0 saturated heterocycles. The predicted octanol–water partition coefficient (Wildman–Crippen LogP) is 4.96. The molecule has 21 heavy (non-hydrogen) atoms. The quantitative estimate of drug-likeness (QED) is 0.796. The number of aryl methyl sites for hydroxylation is 2. The second kappa shape index (κ2) is 6.59. The Balaban J connectivity index is 2.25. The molecule has 0 aromatic heterocycles. The summed E-state index contributed by atoms with van der Waals surface area (Å²) < 4.78 is 6.89. The Morgan fingerprint density at radius 3 is 2.52 bits per heavy atom. The number of aliphatic carboxylic acids is 1. The SMILES string of the molecule is Cc1cc(/C=C/C(=O)O)ccc1Oc1cc(Br)ccc1C. The minimum absolute atomic E-state index is 0.753. The van der Waals surface area contributed by atoms with Crippen molar-refractivity contribution in [2.24, 2.45) is 0 Å². The molecule has 2 aromatic carbocycles. The fraction of sp³-hybridized carbons (Fsp3) is 0.118. The number of carboxylic acid groups (broad SMARTS) is 1. The lowest BCUT2D eigenvalue weighted by Crippen LogP contribution is -1.91. The van der Waals surface area contributed by atoms with Crippen molar-refractivity contribution in [3.63, 3.8) is 0 Å². The topological polar surface area (TPSA) is 46.5 Å². The average Bonchev–Trinajstić information content (AvgIpc) is 2.43. The largest absolute Gasteiger partial charge is 0.478 e. The Labute approximate surface area is 132 Å². The Hall–Kier alpha value is -2.07. The summed E-state index contributed by atoms with van der Waals surface area (Å²) in [5.41, 5.74) is 2.82. The molecule has 0 atom stereocenters. The molecule has 2 rings (SSSR count). The normalized spacial score (nSPS) is 10.8. The van der Waals surface area contributed by atoms with Crippen molar-refractivity contribution < 1.29 is 14.6 Å². The highest BCUT2D eigenvalue weighted by atomic mass is 79.9. The molecule has 0 heterocycles. The van der Waals surface area contributed by atoms with E-state index in [-0.39, 0.29) is 0 Å². The third-order valence-electron chi connectivity index (χ3n) is 2.99. The number of ether oxygens (including phenoxy) is 1. The zero-order valence-corrected chi connectivity index (χ0v) is 13.3. The molecule has 3 nitrogen and oxygen atoms in total. The summed E-state index contributed by atoms with van der Waals surface area (Å²) in [7, 11) is 0. The van der Waals surface area contributed by atoms with Crippen molar-refractivity contribution in [3.8, 4) is 11.5 Å². The summed E-state index contributed by atoms with van der Waals surface area (Å²) in [5.74, 6) is 0.586. The van der Waals surface area contributed by atoms with E-state index >= 15 is 0 Å². The van der Waals surface area contributed by atoms with Gasteiger partial charge in [0.15, 0.2) is 0 Å². The molecular formula is C17H15BrO3. The fourth-order valence-corrected chi connectivity index (χ4v) is 2.20. The van der Waals surface area contributed by atoms with Crippen LogP contribution in [-0.4, -0.2) is 11.1 Å². The summed E-state index contributed by atoms with van der Waals surface area (Å²) in [6.07, 6.45) is 2.68. The zero-order valence-electron chi connectivity index (χ0n) is 11.8. The van der Waals surface area contributed by atoms with Gasteiger partial charge in [0.05, 0.1) is 0 Å². The van der Waals surface area contributed by atoms with Crippen molar-refractivity contribution in [1.29, 1.82) is 0 Å². The van der Waals surface area contributed by atoms with E-state index in [1.807, 2.05) is 50.2 Å². The maximum atomic E-state index is 10.5. The Bertz CT molecular complexity index is 705. The van der Waals surface area contributed by atoms with Crippen LogP contribution in [0.2, 0.25) is 0 Å². The molecule has 0 unspecified atom stereocenters. The van der Waals surface area contributed by atoms with Crippen LogP contribution in [0.1, 0.15) is 16.7 Å². The Morgan fingerprint density at radius 2 is 1.86 bits per heavy atom. The van der Waals surface area contributed by atoms with E-state index in [4.69, 9.17) is 9.84 Å². The number of halogens is 1. The number of carbonyl (C=O) groups is 1. The van der Waals surface area contributed by atoms with Gasteiger partial charge in [0.2, 0.25) is 0 Å². The number of hydrogen-bond donors (Lipinski definition) is 1. The molecule has 0 fully saturated rings. The molecule has 0 spiro atoms. The van der Waals surface area contributed by atoms with Gasteiger partial charge in [0.1, 0.15) is 11.5 Å². The Kier molecular flexibility index (Phi) is 4.81. The lowest BCUT2D eigenvalue weighted by molar-refractivity contribution is -0.131. The standard InChI is InChI=1S/C17H15BrO3/c1-11-3-6-14(18)10-16(11)21-15-7-4-13(9-12(15)2)5-8-17(19)20/h3-10H,1-2H3,(H,19,20)/b8-5+. The summed E-state index contributed by atoms with van der Waals surface area (Å²) >= 11 is 3.43. The first kappa shape index (κ1) is 15.3. The van der Waals surface area contributed by atoms with E-state index in [2.05, 4.69) is 15.9 Å². The molecule has 0 aliphatic carbocycles. The fourth-order valence-electron chi connectivity index (χ4n) is 1.86. The van der Waals surface area contributed by atoms with E-state index < -0.39 is 5.97 Å². The number of benzene rings is 2. The maximum Gasteiger partial charge on any atom is 0.328 e. The number of carboxylic acids is 1. The van der Waals surface area contributed by atoms with Crippen LogP contribution in [0.25, 0.3) is 6.08 Å². The third-order valence-corrected chi connectivity index (χ3v) is 3.48.